The lowest BCUT2D eigenvalue weighted by atomic mass is 9.79. The predicted octanol–water partition coefficient (Wildman–Crippen LogP) is 4.22. The number of primary amides is 1. The molecule has 1 aliphatic heterocycles. The molecule has 206 valence electrons. The minimum atomic E-state index is -0.640. The summed E-state index contributed by atoms with van der Waals surface area (Å²) >= 11 is 2.37. The number of rotatable bonds is 8. The Morgan fingerprint density at radius 2 is 1.90 bits per heavy atom. The number of anilines is 2. The summed E-state index contributed by atoms with van der Waals surface area (Å²) in [4.78, 5) is 39.1. The van der Waals surface area contributed by atoms with Crippen molar-refractivity contribution in [2.45, 2.75) is 23.6 Å². The van der Waals surface area contributed by atoms with E-state index in [4.69, 9.17) is 11.5 Å². The third-order valence-electron chi connectivity index (χ3n) is 6.62. The van der Waals surface area contributed by atoms with E-state index >= 15 is 0 Å². The predicted molar refractivity (Wildman–Crippen MR) is 158 cm³/mol. The number of carbonyl (C=O) groups excluding carboxylic acids is 3. The molecule has 1 aromatic heterocycles. The summed E-state index contributed by atoms with van der Waals surface area (Å²) in [7, 11) is 0. The number of nitrogens with two attached hydrogens (primary N) is 2. The van der Waals surface area contributed by atoms with Gasteiger partial charge in [0.2, 0.25) is 11.0 Å². The van der Waals surface area contributed by atoms with E-state index in [-0.39, 0.29) is 34.4 Å². The number of hydrogen-bond donors (Lipinski definition) is 3. The molecule has 5 N–H and O–H groups in total. The van der Waals surface area contributed by atoms with E-state index in [0.29, 0.717) is 45.7 Å². The third-order valence-corrected chi connectivity index (χ3v) is 8.66. The lowest BCUT2D eigenvalue weighted by Crippen LogP contribution is -2.39. The number of aromatic nitrogens is 2. The third kappa shape index (κ3) is 5.91. The molecule has 5 rings (SSSR count). The molecular weight excluding hydrogens is 558 g/mol. The van der Waals surface area contributed by atoms with Crippen LogP contribution in [0.1, 0.15) is 35.2 Å². The van der Waals surface area contributed by atoms with Crippen LogP contribution in [0.3, 0.4) is 0 Å². The molecule has 1 unspecified atom stereocenters. The highest BCUT2D eigenvalue weighted by Crippen LogP contribution is 2.44. The van der Waals surface area contributed by atoms with Crippen LogP contribution in [0.2, 0.25) is 0 Å². The SMILES string of the molecule is N#CC1=C(N)N(c2nnc(SCC(=O)Nc3ccccc3C(N)=O)s2)C2=C(C(=O)CCC2)C1/C=C/c1ccccc1. The Bertz CT molecular complexity index is 1650. The van der Waals surface area contributed by atoms with Crippen molar-refractivity contribution in [3.05, 3.63) is 94.5 Å². The van der Waals surface area contributed by atoms with Gasteiger partial charge in [0.25, 0.3) is 5.91 Å². The van der Waals surface area contributed by atoms with Gasteiger partial charge in [0.15, 0.2) is 10.1 Å². The number of thioether (sulfide) groups is 1. The molecule has 1 aliphatic carbocycles. The number of ketones is 1. The van der Waals surface area contributed by atoms with Crippen molar-refractivity contribution in [1.82, 2.24) is 10.2 Å². The van der Waals surface area contributed by atoms with Gasteiger partial charge in [-0.3, -0.25) is 19.3 Å². The fraction of sp³-hybridized carbons (Fsp3) is 0.172. The fourth-order valence-corrected chi connectivity index (χ4v) is 6.46. The Labute approximate surface area is 244 Å². The summed E-state index contributed by atoms with van der Waals surface area (Å²) in [5.74, 6) is -1.36. The fourth-order valence-electron chi connectivity index (χ4n) is 4.78. The second-order valence-corrected chi connectivity index (χ2v) is 11.4. The number of carbonyl (C=O) groups is 3. The van der Waals surface area contributed by atoms with E-state index in [2.05, 4.69) is 21.6 Å². The van der Waals surface area contributed by atoms with Crippen molar-refractivity contribution in [3.8, 4) is 6.07 Å². The second-order valence-electron chi connectivity index (χ2n) is 9.23. The Morgan fingerprint density at radius 3 is 2.66 bits per heavy atom. The Balaban J connectivity index is 1.38. The van der Waals surface area contributed by atoms with E-state index in [9.17, 15) is 19.6 Å². The van der Waals surface area contributed by atoms with Gasteiger partial charge in [0.05, 0.1) is 28.6 Å². The van der Waals surface area contributed by atoms with Gasteiger partial charge >= 0.3 is 0 Å². The second kappa shape index (κ2) is 12.2. The number of nitrogens with zero attached hydrogens (tertiary/aromatic N) is 4. The molecule has 3 aromatic rings. The molecule has 0 saturated heterocycles. The van der Waals surface area contributed by atoms with E-state index < -0.39 is 11.8 Å². The summed E-state index contributed by atoms with van der Waals surface area (Å²) < 4.78 is 0.500. The van der Waals surface area contributed by atoms with Crippen LogP contribution in [0.4, 0.5) is 10.8 Å². The first-order valence-corrected chi connectivity index (χ1v) is 14.5. The van der Waals surface area contributed by atoms with Crippen LogP contribution in [-0.4, -0.2) is 33.5 Å². The van der Waals surface area contributed by atoms with Crippen molar-refractivity contribution >= 4 is 57.6 Å². The highest BCUT2D eigenvalue weighted by molar-refractivity contribution is 8.01. The van der Waals surface area contributed by atoms with Gasteiger partial charge in [0.1, 0.15) is 5.82 Å². The summed E-state index contributed by atoms with van der Waals surface area (Å²) in [6.45, 7) is 0. The van der Waals surface area contributed by atoms with Crippen LogP contribution in [0.15, 0.2) is 87.7 Å². The normalized spacial score (nSPS) is 17.0. The van der Waals surface area contributed by atoms with Crippen molar-refractivity contribution in [1.29, 1.82) is 5.26 Å². The zero-order valence-electron chi connectivity index (χ0n) is 21.7. The van der Waals surface area contributed by atoms with Gasteiger partial charge in [0, 0.05) is 23.6 Å². The minimum absolute atomic E-state index is 0.00921. The Kier molecular flexibility index (Phi) is 8.28. The van der Waals surface area contributed by atoms with Gasteiger partial charge in [-0.25, -0.2) is 0 Å². The molecule has 41 heavy (non-hydrogen) atoms. The molecule has 2 aromatic carbocycles. The molecule has 10 nitrogen and oxygen atoms in total. The molecule has 2 aliphatic rings. The van der Waals surface area contributed by atoms with Crippen LogP contribution >= 0.6 is 23.1 Å². The quantitative estimate of drug-likeness (QED) is 0.329. The van der Waals surface area contributed by atoms with E-state index in [1.165, 1.54) is 17.4 Å². The maximum absolute atomic E-state index is 13.2. The number of amides is 2. The standard InChI is InChI=1S/C29H25N7O3S2/c30-15-20-18(14-13-17-7-2-1-3-8-17)25-22(11-6-12-23(25)37)36(26(20)31)28-34-35-29(41-28)40-16-24(38)33-21-10-5-4-9-19(21)27(32)39/h1-5,7-10,13-14,18H,6,11-12,16,31H2,(H2,32,39)(H,33,38)/b14-13+. The lowest BCUT2D eigenvalue weighted by molar-refractivity contribution is -0.116. The molecule has 0 fully saturated rings. The van der Waals surface area contributed by atoms with Crippen LogP contribution in [0, 0.1) is 17.2 Å². The monoisotopic (exact) mass is 583 g/mol. The summed E-state index contributed by atoms with van der Waals surface area (Å²) in [6.07, 6.45) is 5.40. The Morgan fingerprint density at radius 1 is 1.15 bits per heavy atom. The zero-order chi connectivity index (χ0) is 28.9. The number of Topliss-reactive ketones (excluding diaryl/α,β-unsaturated/α-hetero) is 1. The van der Waals surface area contributed by atoms with Crippen LogP contribution in [-0.2, 0) is 9.59 Å². The number of nitrogens with one attached hydrogen (secondary N) is 1. The van der Waals surface area contributed by atoms with Gasteiger partial charge in [-0.1, -0.05) is 77.7 Å². The van der Waals surface area contributed by atoms with Gasteiger partial charge in [-0.2, -0.15) is 5.26 Å². The Hall–Kier alpha value is -4.73. The maximum Gasteiger partial charge on any atom is 0.250 e. The van der Waals surface area contributed by atoms with Crippen molar-refractivity contribution in [3.63, 3.8) is 0 Å². The highest BCUT2D eigenvalue weighted by atomic mass is 32.2. The number of benzene rings is 2. The average Bonchev–Trinajstić information content (AvgIpc) is 3.44. The molecule has 0 radical (unpaired) electrons. The largest absolute Gasteiger partial charge is 0.384 e. The topological polar surface area (TPSA) is 168 Å². The van der Waals surface area contributed by atoms with Crippen molar-refractivity contribution in [2.75, 3.05) is 16.0 Å². The number of nitriles is 1. The van der Waals surface area contributed by atoms with E-state index in [0.717, 1.165) is 17.3 Å². The highest BCUT2D eigenvalue weighted by Gasteiger charge is 2.39. The number of hydrogen-bond acceptors (Lipinski definition) is 10. The van der Waals surface area contributed by atoms with E-state index in [1.54, 1.807) is 23.1 Å². The first-order valence-electron chi connectivity index (χ1n) is 12.7. The van der Waals surface area contributed by atoms with Crippen molar-refractivity contribution in [2.24, 2.45) is 17.4 Å². The molecule has 0 spiro atoms. The average molecular weight is 584 g/mol. The first-order chi connectivity index (χ1) is 19.9. The van der Waals surface area contributed by atoms with Gasteiger partial charge in [-0.05, 0) is 30.5 Å². The summed E-state index contributed by atoms with van der Waals surface area (Å²) in [6, 6.07) is 18.4. The molecule has 1 atom stereocenters. The number of allylic oxidation sites excluding steroid dienone is 4. The van der Waals surface area contributed by atoms with E-state index in [1.807, 2.05) is 42.5 Å². The molecule has 12 heteroatoms. The summed E-state index contributed by atoms with van der Waals surface area (Å²) in [5, 5.41) is 21.7. The van der Waals surface area contributed by atoms with Gasteiger partial charge < -0.3 is 16.8 Å². The van der Waals surface area contributed by atoms with Gasteiger partial charge in [-0.15, -0.1) is 10.2 Å². The maximum atomic E-state index is 13.2. The van der Waals surface area contributed by atoms with Crippen molar-refractivity contribution < 1.29 is 14.4 Å². The first kappa shape index (κ1) is 27.8. The minimum Gasteiger partial charge on any atom is -0.384 e. The zero-order valence-corrected chi connectivity index (χ0v) is 23.4. The molecular formula is C29H25N7O3S2. The van der Waals surface area contributed by atoms with Crippen LogP contribution in [0.5, 0.6) is 0 Å². The van der Waals surface area contributed by atoms with Crippen LogP contribution < -0.4 is 21.7 Å². The molecule has 2 amide bonds. The lowest BCUT2D eigenvalue weighted by Gasteiger charge is -2.37. The molecule has 0 saturated carbocycles. The van der Waals surface area contributed by atoms with Crippen LogP contribution in [0.25, 0.3) is 6.08 Å². The summed E-state index contributed by atoms with van der Waals surface area (Å²) in [5.41, 5.74) is 15.0. The molecule has 2 heterocycles. The smallest absolute Gasteiger partial charge is 0.250 e. The molecule has 0 bridgehead atoms. The number of para-hydroxylation sites is 1.